The molecule has 0 aliphatic rings. The van der Waals surface area contributed by atoms with Gasteiger partial charge in [-0.15, -0.1) is 0 Å². The molecule has 1 rings (SSSR count). The van der Waals surface area contributed by atoms with Gasteiger partial charge in [0.25, 0.3) is 5.69 Å². The van der Waals surface area contributed by atoms with Gasteiger partial charge >= 0.3 is 0 Å². The summed E-state index contributed by atoms with van der Waals surface area (Å²) in [6, 6.07) is 5.99. The van der Waals surface area contributed by atoms with Crippen molar-refractivity contribution in [2.24, 2.45) is 5.10 Å². The molecule has 0 spiro atoms. The molecule has 0 aromatic heterocycles. The van der Waals surface area contributed by atoms with E-state index in [2.05, 4.69) is 17.5 Å². The molecule has 0 aliphatic carbocycles. The molecular formula is C18H27N3O3. The Labute approximate surface area is 143 Å². The average molecular weight is 333 g/mol. The van der Waals surface area contributed by atoms with E-state index in [1.54, 1.807) is 12.1 Å². The third kappa shape index (κ3) is 9.02. The molecule has 1 aromatic carbocycles. The van der Waals surface area contributed by atoms with Gasteiger partial charge < -0.3 is 0 Å². The predicted octanol–water partition coefficient (Wildman–Crippen LogP) is 4.58. The van der Waals surface area contributed by atoms with Gasteiger partial charge in [-0.2, -0.15) is 5.10 Å². The van der Waals surface area contributed by atoms with E-state index in [-0.39, 0.29) is 11.6 Å². The van der Waals surface area contributed by atoms with E-state index in [9.17, 15) is 14.9 Å². The second kappa shape index (κ2) is 12.2. The molecule has 0 saturated heterocycles. The topological polar surface area (TPSA) is 84.6 Å². The molecule has 0 unspecified atom stereocenters. The van der Waals surface area contributed by atoms with Crippen molar-refractivity contribution in [1.82, 2.24) is 5.43 Å². The summed E-state index contributed by atoms with van der Waals surface area (Å²) in [5, 5.41) is 14.4. The van der Waals surface area contributed by atoms with Crippen molar-refractivity contribution in [3.8, 4) is 0 Å². The molecule has 0 saturated carbocycles. The number of carbonyl (C=O) groups excluding carboxylic acids is 1. The van der Waals surface area contributed by atoms with E-state index in [0.29, 0.717) is 12.0 Å². The van der Waals surface area contributed by atoms with Crippen molar-refractivity contribution in [1.29, 1.82) is 0 Å². The van der Waals surface area contributed by atoms with Crippen molar-refractivity contribution in [2.75, 3.05) is 0 Å². The quantitative estimate of drug-likeness (QED) is 0.263. The van der Waals surface area contributed by atoms with Crippen LogP contribution in [0.3, 0.4) is 0 Å². The minimum absolute atomic E-state index is 0.0332. The highest BCUT2D eigenvalue weighted by atomic mass is 16.6. The average Bonchev–Trinajstić information content (AvgIpc) is 2.57. The van der Waals surface area contributed by atoms with Crippen molar-refractivity contribution in [3.63, 3.8) is 0 Å². The van der Waals surface area contributed by atoms with Crippen LogP contribution in [0.25, 0.3) is 0 Å². The fraction of sp³-hybridized carbons (Fsp3) is 0.556. The molecule has 1 N–H and O–H groups in total. The Hall–Kier alpha value is -2.24. The summed E-state index contributed by atoms with van der Waals surface area (Å²) in [5.74, 6) is -0.0980. The van der Waals surface area contributed by atoms with Gasteiger partial charge in [0.1, 0.15) is 0 Å². The van der Waals surface area contributed by atoms with E-state index in [1.807, 2.05) is 0 Å². The van der Waals surface area contributed by atoms with E-state index >= 15 is 0 Å². The van der Waals surface area contributed by atoms with Crippen LogP contribution in [0.4, 0.5) is 5.69 Å². The molecule has 0 radical (unpaired) electrons. The lowest BCUT2D eigenvalue weighted by Gasteiger charge is -2.01. The molecule has 1 aromatic rings. The fourth-order valence-electron chi connectivity index (χ4n) is 2.34. The van der Waals surface area contributed by atoms with Crippen LogP contribution in [0.2, 0.25) is 0 Å². The molecule has 24 heavy (non-hydrogen) atoms. The van der Waals surface area contributed by atoms with Crippen molar-refractivity contribution < 1.29 is 9.72 Å². The zero-order valence-electron chi connectivity index (χ0n) is 14.4. The van der Waals surface area contributed by atoms with Gasteiger partial charge in [0.2, 0.25) is 5.91 Å². The number of nitro groups is 1. The summed E-state index contributed by atoms with van der Waals surface area (Å²) in [6.07, 6.45) is 11.5. The number of hydrogen-bond acceptors (Lipinski definition) is 4. The van der Waals surface area contributed by atoms with Crippen LogP contribution in [-0.4, -0.2) is 17.0 Å². The zero-order valence-corrected chi connectivity index (χ0v) is 14.4. The number of carbonyl (C=O) groups is 1. The van der Waals surface area contributed by atoms with Gasteiger partial charge in [-0.05, 0) is 24.1 Å². The van der Waals surface area contributed by atoms with Gasteiger partial charge in [-0.1, -0.05) is 51.9 Å². The lowest BCUT2D eigenvalue weighted by atomic mass is 10.1. The Morgan fingerprint density at radius 2 is 1.67 bits per heavy atom. The zero-order chi connectivity index (χ0) is 17.6. The third-order valence-electron chi connectivity index (χ3n) is 3.76. The van der Waals surface area contributed by atoms with Crippen LogP contribution in [0, 0.1) is 10.1 Å². The summed E-state index contributed by atoms with van der Waals surface area (Å²) < 4.78 is 0. The van der Waals surface area contributed by atoms with E-state index in [0.717, 1.165) is 12.8 Å². The Morgan fingerprint density at radius 3 is 2.25 bits per heavy atom. The van der Waals surface area contributed by atoms with Crippen LogP contribution in [0.5, 0.6) is 0 Å². The number of hydrazone groups is 1. The van der Waals surface area contributed by atoms with Crippen molar-refractivity contribution in [2.45, 2.75) is 64.7 Å². The number of hydrogen-bond donors (Lipinski definition) is 1. The smallest absolute Gasteiger partial charge is 0.269 e. The lowest BCUT2D eigenvalue weighted by Crippen LogP contribution is -2.16. The fourth-order valence-corrected chi connectivity index (χ4v) is 2.34. The van der Waals surface area contributed by atoms with Gasteiger partial charge in [-0.25, -0.2) is 5.43 Å². The first kappa shape index (κ1) is 19.8. The Kier molecular flexibility index (Phi) is 10.1. The molecule has 1 amide bonds. The SMILES string of the molecule is CCCCCCCCCCC(=O)NN=Cc1ccc([N+](=O)[O-])cc1. The van der Waals surface area contributed by atoms with Crippen LogP contribution in [-0.2, 0) is 4.79 Å². The van der Waals surface area contributed by atoms with E-state index in [1.165, 1.54) is 56.9 Å². The highest BCUT2D eigenvalue weighted by Gasteiger charge is 2.03. The monoisotopic (exact) mass is 333 g/mol. The highest BCUT2D eigenvalue weighted by Crippen LogP contribution is 2.11. The van der Waals surface area contributed by atoms with Crippen molar-refractivity contribution >= 4 is 17.8 Å². The van der Waals surface area contributed by atoms with Gasteiger partial charge in [-0.3, -0.25) is 14.9 Å². The summed E-state index contributed by atoms with van der Waals surface area (Å²) in [5.41, 5.74) is 3.22. The van der Waals surface area contributed by atoms with Gasteiger partial charge in [0.15, 0.2) is 0 Å². The maximum Gasteiger partial charge on any atom is 0.269 e. The first-order chi connectivity index (χ1) is 11.6. The summed E-state index contributed by atoms with van der Waals surface area (Å²) in [7, 11) is 0. The van der Waals surface area contributed by atoms with Gasteiger partial charge in [0, 0.05) is 18.6 Å². The minimum atomic E-state index is -0.452. The molecular weight excluding hydrogens is 306 g/mol. The number of non-ortho nitro benzene ring substituents is 1. The normalized spacial score (nSPS) is 10.9. The van der Waals surface area contributed by atoms with E-state index < -0.39 is 4.92 Å². The summed E-state index contributed by atoms with van der Waals surface area (Å²) >= 11 is 0. The molecule has 0 aliphatic heterocycles. The molecule has 0 heterocycles. The number of rotatable bonds is 12. The Morgan fingerprint density at radius 1 is 1.08 bits per heavy atom. The number of nitrogens with one attached hydrogen (secondary N) is 1. The second-order valence-corrected chi connectivity index (χ2v) is 5.87. The molecule has 6 heteroatoms. The lowest BCUT2D eigenvalue weighted by molar-refractivity contribution is -0.384. The summed E-state index contributed by atoms with van der Waals surface area (Å²) in [6.45, 7) is 2.21. The second-order valence-electron chi connectivity index (χ2n) is 5.87. The first-order valence-electron chi connectivity index (χ1n) is 8.70. The number of nitrogens with zero attached hydrogens (tertiary/aromatic N) is 2. The maximum atomic E-state index is 11.6. The van der Waals surface area contributed by atoms with Crippen LogP contribution >= 0.6 is 0 Å². The third-order valence-corrected chi connectivity index (χ3v) is 3.76. The number of nitro benzene ring substituents is 1. The number of amides is 1. The molecule has 132 valence electrons. The van der Waals surface area contributed by atoms with Crippen molar-refractivity contribution in [3.05, 3.63) is 39.9 Å². The predicted molar refractivity (Wildman–Crippen MR) is 96.1 cm³/mol. The van der Waals surface area contributed by atoms with Gasteiger partial charge in [0.05, 0.1) is 11.1 Å². The first-order valence-corrected chi connectivity index (χ1v) is 8.70. The standard InChI is InChI=1S/C18H27N3O3/c1-2-3-4-5-6-7-8-9-10-18(22)20-19-15-16-11-13-17(14-12-16)21(23)24/h11-15H,2-10H2,1H3,(H,20,22). The molecule has 0 fully saturated rings. The number of benzene rings is 1. The molecule has 0 bridgehead atoms. The molecule has 6 nitrogen and oxygen atoms in total. The van der Waals surface area contributed by atoms with Crippen LogP contribution in [0.1, 0.15) is 70.3 Å². The van der Waals surface area contributed by atoms with E-state index in [4.69, 9.17) is 0 Å². The maximum absolute atomic E-state index is 11.6. The Balaban J connectivity index is 2.11. The molecule has 0 atom stereocenters. The number of unbranched alkanes of at least 4 members (excludes halogenated alkanes) is 7. The largest absolute Gasteiger partial charge is 0.273 e. The highest BCUT2D eigenvalue weighted by molar-refractivity contribution is 5.82. The van der Waals surface area contributed by atoms with Crippen LogP contribution < -0.4 is 5.43 Å². The minimum Gasteiger partial charge on any atom is -0.273 e. The summed E-state index contributed by atoms with van der Waals surface area (Å²) in [4.78, 5) is 21.7. The Bertz CT molecular complexity index is 527. The van der Waals surface area contributed by atoms with Crippen LogP contribution in [0.15, 0.2) is 29.4 Å².